The summed E-state index contributed by atoms with van der Waals surface area (Å²) in [6, 6.07) is 10.8. The number of ether oxygens (including phenoxy) is 1. The SMILES string of the molecule is [CH2]c1nc2ccc([N+](=O)[O-])cc2c(=O)n1-c1ccc(OC)cc1. The largest absolute Gasteiger partial charge is 0.497 e. The lowest BCUT2D eigenvalue weighted by Crippen LogP contribution is -2.22. The molecule has 0 fully saturated rings. The van der Waals surface area contributed by atoms with Crippen LogP contribution in [0.1, 0.15) is 5.82 Å². The summed E-state index contributed by atoms with van der Waals surface area (Å²) in [5, 5.41) is 11.1. The van der Waals surface area contributed by atoms with E-state index in [0.717, 1.165) is 0 Å². The van der Waals surface area contributed by atoms with Crippen molar-refractivity contribution in [3.63, 3.8) is 0 Å². The van der Waals surface area contributed by atoms with E-state index in [2.05, 4.69) is 11.9 Å². The van der Waals surface area contributed by atoms with Gasteiger partial charge in [0.1, 0.15) is 11.6 Å². The highest BCUT2D eigenvalue weighted by Gasteiger charge is 2.14. The van der Waals surface area contributed by atoms with Crippen molar-refractivity contribution in [2.24, 2.45) is 0 Å². The molecule has 1 aromatic heterocycles. The van der Waals surface area contributed by atoms with Gasteiger partial charge >= 0.3 is 0 Å². The second kappa shape index (κ2) is 5.53. The van der Waals surface area contributed by atoms with Gasteiger partial charge in [-0.2, -0.15) is 0 Å². The maximum absolute atomic E-state index is 12.7. The number of aromatic nitrogens is 2. The van der Waals surface area contributed by atoms with Crippen LogP contribution in [0.25, 0.3) is 16.6 Å². The van der Waals surface area contributed by atoms with E-state index < -0.39 is 10.5 Å². The molecule has 1 radical (unpaired) electrons. The van der Waals surface area contributed by atoms with E-state index in [9.17, 15) is 14.9 Å². The Labute approximate surface area is 130 Å². The smallest absolute Gasteiger partial charge is 0.270 e. The zero-order chi connectivity index (χ0) is 16.6. The minimum atomic E-state index is -0.547. The van der Waals surface area contributed by atoms with Crippen molar-refractivity contribution in [1.82, 2.24) is 9.55 Å². The Morgan fingerprint density at radius 3 is 2.52 bits per heavy atom. The third kappa shape index (κ3) is 2.52. The maximum atomic E-state index is 12.7. The summed E-state index contributed by atoms with van der Waals surface area (Å²) >= 11 is 0. The molecule has 23 heavy (non-hydrogen) atoms. The molecule has 0 atom stereocenters. The van der Waals surface area contributed by atoms with Crippen LogP contribution in [0.15, 0.2) is 47.3 Å². The van der Waals surface area contributed by atoms with Gasteiger partial charge in [0.25, 0.3) is 11.2 Å². The van der Waals surface area contributed by atoms with Gasteiger partial charge in [-0.3, -0.25) is 19.5 Å². The lowest BCUT2D eigenvalue weighted by Gasteiger charge is -2.11. The Balaban J connectivity index is 2.27. The van der Waals surface area contributed by atoms with Crippen LogP contribution in [-0.4, -0.2) is 21.6 Å². The molecular formula is C16H12N3O4. The van der Waals surface area contributed by atoms with Crippen LogP contribution in [-0.2, 0) is 0 Å². The Hall–Kier alpha value is -3.22. The van der Waals surface area contributed by atoms with Crippen molar-refractivity contribution in [1.29, 1.82) is 0 Å². The van der Waals surface area contributed by atoms with Crippen molar-refractivity contribution in [2.75, 3.05) is 7.11 Å². The summed E-state index contributed by atoms with van der Waals surface area (Å²) in [6.45, 7) is 3.79. The zero-order valence-corrected chi connectivity index (χ0v) is 12.2. The van der Waals surface area contributed by atoms with Crippen molar-refractivity contribution in [3.05, 3.63) is 75.7 Å². The molecule has 0 aliphatic rings. The molecule has 0 spiro atoms. The summed E-state index contributed by atoms with van der Waals surface area (Å²) in [7, 11) is 1.55. The Morgan fingerprint density at radius 2 is 1.91 bits per heavy atom. The summed E-state index contributed by atoms with van der Waals surface area (Å²) in [4.78, 5) is 27.3. The molecule has 7 nitrogen and oxygen atoms in total. The normalized spacial score (nSPS) is 10.7. The molecule has 3 rings (SSSR count). The number of nitro groups is 1. The minimum Gasteiger partial charge on any atom is -0.497 e. The monoisotopic (exact) mass is 310 g/mol. The van der Waals surface area contributed by atoms with Gasteiger partial charge in [-0.1, -0.05) is 0 Å². The highest BCUT2D eigenvalue weighted by atomic mass is 16.6. The first-order valence-electron chi connectivity index (χ1n) is 6.69. The van der Waals surface area contributed by atoms with Crippen molar-refractivity contribution in [2.45, 2.75) is 0 Å². The number of non-ortho nitro benzene ring substituents is 1. The first kappa shape index (κ1) is 14.7. The fourth-order valence-electron chi connectivity index (χ4n) is 2.33. The molecule has 0 aliphatic heterocycles. The Bertz CT molecular complexity index is 961. The van der Waals surface area contributed by atoms with Gasteiger partial charge < -0.3 is 4.74 Å². The third-order valence-electron chi connectivity index (χ3n) is 3.46. The number of benzene rings is 2. The molecule has 0 bridgehead atoms. The minimum absolute atomic E-state index is 0.158. The third-order valence-corrected chi connectivity index (χ3v) is 3.46. The highest BCUT2D eigenvalue weighted by Crippen LogP contribution is 2.19. The second-order valence-corrected chi connectivity index (χ2v) is 4.83. The molecule has 1 heterocycles. The summed E-state index contributed by atoms with van der Waals surface area (Å²) < 4.78 is 6.40. The average molecular weight is 310 g/mol. The molecule has 0 N–H and O–H groups in total. The molecule has 115 valence electrons. The van der Waals surface area contributed by atoms with Gasteiger partial charge in [0, 0.05) is 19.1 Å². The number of nitro benzene ring substituents is 1. The van der Waals surface area contributed by atoms with Gasteiger partial charge in [-0.05, 0) is 30.3 Å². The van der Waals surface area contributed by atoms with E-state index in [-0.39, 0.29) is 16.9 Å². The van der Waals surface area contributed by atoms with Crippen LogP contribution in [0.4, 0.5) is 5.69 Å². The van der Waals surface area contributed by atoms with Gasteiger partial charge in [-0.15, -0.1) is 0 Å². The lowest BCUT2D eigenvalue weighted by molar-refractivity contribution is -0.384. The second-order valence-electron chi connectivity index (χ2n) is 4.83. The van der Waals surface area contributed by atoms with E-state index in [1.54, 1.807) is 31.4 Å². The van der Waals surface area contributed by atoms with E-state index in [1.165, 1.54) is 22.8 Å². The standard InChI is InChI=1S/C16H12N3O4/c1-10-17-15-8-5-12(19(21)22)9-14(15)16(20)18(10)11-3-6-13(23-2)7-4-11/h3-9H,1H2,2H3. The van der Waals surface area contributed by atoms with Crippen LogP contribution in [0, 0.1) is 17.0 Å². The zero-order valence-electron chi connectivity index (χ0n) is 12.2. The van der Waals surface area contributed by atoms with Crippen LogP contribution in [0.5, 0.6) is 5.75 Å². The van der Waals surface area contributed by atoms with Gasteiger partial charge in [0.2, 0.25) is 0 Å². The van der Waals surface area contributed by atoms with Gasteiger partial charge in [0.05, 0.1) is 28.6 Å². The quantitative estimate of drug-likeness (QED) is 0.548. The van der Waals surface area contributed by atoms with E-state index in [0.29, 0.717) is 17.0 Å². The number of rotatable bonds is 3. The van der Waals surface area contributed by atoms with Gasteiger partial charge in [-0.25, -0.2) is 4.98 Å². The molecule has 3 aromatic rings. The molecule has 2 aromatic carbocycles. The molecule has 0 unspecified atom stereocenters. The fraction of sp³-hybridized carbons (Fsp3) is 0.0625. The molecule has 7 heteroatoms. The predicted molar refractivity (Wildman–Crippen MR) is 85.0 cm³/mol. The van der Waals surface area contributed by atoms with Crippen LogP contribution in [0.3, 0.4) is 0 Å². The molecule has 0 saturated carbocycles. The maximum Gasteiger partial charge on any atom is 0.270 e. The van der Waals surface area contributed by atoms with Crippen molar-refractivity contribution >= 4 is 16.6 Å². The number of fused-ring (bicyclic) bond motifs is 1. The first-order chi connectivity index (χ1) is 11.0. The van der Waals surface area contributed by atoms with E-state index in [1.807, 2.05) is 0 Å². The highest BCUT2D eigenvalue weighted by molar-refractivity contribution is 5.80. The number of hydrogen-bond acceptors (Lipinski definition) is 5. The molecular weight excluding hydrogens is 298 g/mol. The average Bonchev–Trinajstić information content (AvgIpc) is 2.55. The lowest BCUT2D eigenvalue weighted by atomic mass is 10.2. The first-order valence-corrected chi connectivity index (χ1v) is 6.69. The van der Waals surface area contributed by atoms with Gasteiger partial charge in [0.15, 0.2) is 0 Å². The molecule has 0 aliphatic carbocycles. The van der Waals surface area contributed by atoms with Crippen molar-refractivity contribution in [3.8, 4) is 11.4 Å². The van der Waals surface area contributed by atoms with Crippen molar-refractivity contribution < 1.29 is 9.66 Å². The van der Waals surface area contributed by atoms with Crippen LogP contribution >= 0.6 is 0 Å². The fourth-order valence-corrected chi connectivity index (χ4v) is 2.33. The number of methoxy groups -OCH3 is 1. The van der Waals surface area contributed by atoms with Crippen LogP contribution in [0.2, 0.25) is 0 Å². The molecule has 0 saturated heterocycles. The Morgan fingerprint density at radius 1 is 1.22 bits per heavy atom. The number of nitrogens with zero attached hydrogens (tertiary/aromatic N) is 3. The summed E-state index contributed by atoms with van der Waals surface area (Å²) in [6.07, 6.45) is 0. The topological polar surface area (TPSA) is 87.3 Å². The van der Waals surface area contributed by atoms with E-state index >= 15 is 0 Å². The summed E-state index contributed by atoms with van der Waals surface area (Å²) in [5.41, 5.74) is 0.362. The molecule has 0 amide bonds. The number of hydrogen-bond donors (Lipinski definition) is 0. The summed E-state index contributed by atoms with van der Waals surface area (Å²) in [5.74, 6) is 0.901. The van der Waals surface area contributed by atoms with Crippen LogP contribution < -0.4 is 10.3 Å². The Kier molecular flexibility index (Phi) is 3.53. The van der Waals surface area contributed by atoms with E-state index in [4.69, 9.17) is 4.74 Å². The predicted octanol–water partition coefficient (Wildman–Crippen LogP) is 2.48.